The maximum absolute atomic E-state index is 12.5. The van der Waals surface area contributed by atoms with Crippen LogP contribution >= 0.6 is 9.24 Å². The largest absolute Gasteiger partial charge is 0.434 e. The first-order valence-corrected chi connectivity index (χ1v) is 11.3. The second kappa shape index (κ2) is 5.91. The summed E-state index contributed by atoms with van der Waals surface area (Å²) in [5.41, 5.74) is 7.01. The average molecular weight is 379 g/mol. The molecule has 0 saturated heterocycles. The zero-order valence-electron chi connectivity index (χ0n) is 16.0. The zero-order valence-corrected chi connectivity index (χ0v) is 17.2. The van der Waals surface area contributed by atoms with Crippen LogP contribution in [0.1, 0.15) is 77.6 Å². The minimum Gasteiger partial charge on any atom is -0.434 e. The van der Waals surface area contributed by atoms with E-state index >= 15 is 0 Å². The predicted molar refractivity (Wildman–Crippen MR) is 103 cm³/mol. The number of nitrogens with two attached hydrogens (primary N) is 1. The van der Waals surface area contributed by atoms with E-state index in [1.54, 1.807) is 6.92 Å². The van der Waals surface area contributed by atoms with Gasteiger partial charge in [0.25, 0.3) is 0 Å². The van der Waals surface area contributed by atoms with Crippen molar-refractivity contribution in [3.05, 3.63) is 0 Å². The normalized spacial score (nSPS) is 46.7. The highest BCUT2D eigenvalue weighted by atomic mass is 31.0. The molecule has 0 radical (unpaired) electrons. The average Bonchev–Trinajstić information content (AvgIpc) is 3.01. The molecule has 5 aliphatic rings. The van der Waals surface area contributed by atoms with Crippen molar-refractivity contribution in [2.24, 2.45) is 34.3 Å². The number of rotatable bonds is 6. The molecule has 5 aliphatic carbocycles. The van der Waals surface area contributed by atoms with E-state index in [0.717, 1.165) is 37.0 Å². The molecule has 26 heavy (non-hydrogen) atoms. The van der Waals surface area contributed by atoms with Crippen molar-refractivity contribution in [2.75, 3.05) is 0 Å². The van der Waals surface area contributed by atoms with Crippen LogP contribution in [-0.2, 0) is 14.3 Å². The topological polar surface area (TPSA) is 61.6 Å². The first-order chi connectivity index (χ1) is 12.3. The fraction of sp³-hybridized carbons (Fsp3) is 0.952. The maximum Gasteiger partial charge on any atom is 0.332 e. The summed E-state index contributed by atoms with van der Waals surface area (Å²) in [5, 5.41) is -1.04. The number of hydrogen-bond donors (Lipinski definition) is 1. The smallest absolute Gasteiger partial charge is 0.332 e. The molecule has 5 heteroatoms. The number of esters is 1. The van der Waals surface area contributed by atoms with E-state index in [2.05, 4.69) is 9.24 Å². The summed E-state index contributed by atoms with van der Waals surface area (Å²) >= 11 is 0. The Bertz CT molecular complexity index is 579. The van der Waals surface area contributed by atoms with Crippen molar-refractivity contribution in [3.8, 4) is 0 Å². The van der Waals surface area contributed by atoms with E-state index in [9.17, 15) is 4.79 Å². The van der Waals surface area contributed by atoms with Crippen LogP contribution in [0.15, 0.2) is 0 Å². The van der Waals surface area contributed by atoms with E-state index in [1.165, 1.54) is 51.4 Å². The van der Waals surface area contributed by atoms with Crippen LogP contribution in [0.4, 0.5) is 0 Å². The van der Waals surface area contributed by atoms with E-state index in [1.807, 2.05) is 0 Å². The molecule has 2 bridgehead atoms. The van der Waals surface area contributed by atoms with Gasteiger partial charge in [-0.1, -0.05) is 19.3 Å². The lowest BCUT2D eigenvalue weighted by Crippen LogP contribution is -2.59. The van der Waals surface area contributed by atoms with Gasteiger partial charge < -0.3 is 15.2 Å². The number of hydrogen-bond acceptors (Lipinski definition) is 4. The van der Waals surface area contributed by atoms with Gasteiger partial charge in [-0.05, 0) is 80.5 Å². The Morgan fingerprint density at radius 3 is 2.38 bits per heavy atom. The van der Waals surface area contributed by atoms with Crippen molar-refractivity contribution in [3.63, 3.8) is 0 Å². The van der Waals surface area contributed by atoms with Crippen LogP contribution in [0, 0.1) is 28.6 Å². The molecule has 5 unspecified atom stereocenters. The molecule has 4 nitrogen and oxygen atoms in total. The van der Waals surface area contributed by atoms with Gasteiger partial charge in [-0.25, -0.2) is 4.79 Å². The summed E-state index contributed by atoms with van der Waals surface area (Å²) in [7, 11) is 2.40. The second-order valence-corrected chi connectivity index (χ2v) is 11.7. The van der Waals surface area contributed by atoms with Crippen molar-refractivity contribution in [1.82, 2.24) is 0 Å². The Kier molecular flexibility index (Phi) is 4.07. The molecule has 5 atom stereocenters. The number of ether oxygens (including phenoxy) is 2. The Hall–Kier alpha value is -0.180. The molecule has 146 valence electrons. The van der Waals surface area contributed by atoms with E-state index < -0.39 is 11.6 Å². The molecule has 5 saturated carbocycles. The number of fused-ring (bicyclic) bond motifs is 1. The van der Waals surface area contributed by atoms with E-state index in [-0.39, 0.29) is 12.1 Å². The van der Waals surface area contributed by atoms with Gasteiger partial charge in [0, 0.05) is 6.42 Å². The molecule has 5 fully saturated rings. The summed E-state index contributed by atoms with van der Waals surface area (Å²) in [6.45, 7) is 1.69. The van der Waals surface area contributed by atoms with Crippen molar-refractivity contribution in [1.29, 1.82) is 0 Å². The highest BCUT2D eigenvalue weighted by molar-refractivity contribution is 7.20. The van der Waals surface area contributed by atoms with Gasteiger partial charge in [0.15, 0.2) is 0 Å². The molecule has 0 aromatic heterocycles. The van der Waals surface area contributed by atoms with Gasteiger partial charge >= 0.3 is 5.97 Å². The van der Waals surface area contributed by atoms with Crippen LogP contribution in [0.3, 0.4) is 0 Å². The SMILES string of the molecule is CC(N)(P)C(=O)OC(CC12CC3CC4CC(C1)C43C2)OC1CCCCC1. The standard InChI is InChI=1S/C21H34NO3P/c1-19(22,26)18(23)25-17(24-16-5-3-2-4-6-16)11-20-9-14-7-13-8-15(10-20)21(13,14)12-20/h13-17H,2-12,22,26H2,1H3. The van der Waals surface area contributed by atoms with Gasteiger partial charge in [0.2, 0.25) is 6.29 Å². The Labute approximate surface area is 159 Å². The number of carbonyl (C=O) groups is 1. The molecule has 0 amide bonds. The van der Waals surface area contributed by atoms with E-state index in [0.29, 0.717) is 10.8 Å². The second-order valence-electron chi connectivity index (χ2n) is 10.5. The highest BCUT2D eigenvalue weighted by Crippen LogP contribution is 2.85. The van der Waals surface area contributed by atoms with Crippen molar-refractivity contribution in [2.45, 2.75) is 95.2 Å². The lowest BCUT2D eigenvalue weighted by atomic mass is 9.38. The molecule has 0 aliphatic heterocycles. The fourth-order valence-corrected chi connectivity index (χ4v) is 7.68. The molecule has 0 aromatic rings. The lowest BCUT2D eigenvalue weighted by Gasteiger charge is -2.66. The Balaban J connectivity index is 1.30. The lowest BCUT2D eigenvalue weighted by molar-refractivity contribution is -0.206. The summed E-state index contributed by atoms with van der Waals surface area (Å²) in [5.74, 6) is 2.55. The first kappa shape index (κ1) is 17.9. The molecular weight excluding hydrogens is 345 g/mol. The van der Waals surface area contributed by atoms with Crippen molar-refractivity contribution < 1.29 is 14.3 Å². The summed E-state index contributed by atoms with van der Waals surface area (Å²) in [6, 6.07) is 0. The Morgan fingerprint density at radius 2 is 1.85 bits per heavy atom. The molecule has 0 aromatic carbocycles. The van der Waals surface area contributed by atoms with Crippen molar-refractivity contribution >= 4 is 15.2 Å². The molecular formula is C21H34NO3P. The quantitative estimate of drug-likeness (QED) is 0.431. The third kappa shape index (κ3) is 2.62. The minimum atomic E-state index is -1.04. The first-order valence-electron chi connectivity index (χ1n) is 10.8. The molecule has 0 heterocycles. The third-order valence-electron chi connectivity index (χ3n) is 8.63. The highest BCUT2D eigenvalue weighted by Gasteiger charge is 2.77. The third-order valence-corrected chi connectivity index (χ3v) is 8.87. The van der Waals surface area contributed by atoms with Crippen LogP contribution < -0.4 is 5.73 Å². The summed E-state index contributed by atoms with van der Waals surface area (Å²) < 4.78 is 12.2. The Morgan fingerprint density at radius 1 is 1.19 bits per heavy atom. The fourth-order valence-electron chi connectivity index (χ4n) is 7.61. The zero-order chi connectivity index (χ0) is 18.2. The summed E-state index contributed by atoms with van der Waals surface area (Å²) in [4.78, 5) is 12.5. The summed E-state index contributed by atoms with van der Waals surface area (Å²) in [6.07, 6.45) is 13.6. The monoisotopic (exact) mass is 379 g/mol. The van der Waals surface area contributed by atoms with E-state index in [4.69, 9.17) is 15.2 Å². The maximum atomic E-state index is 12.5. The number of carbonyl (C=O) groups excluding carboxylic acids is 1. The molecule has 2 N–H and O–H groups in total. The van der Waals surface area contributed by atoms with Gasteiger partial charge in [0.1, 0.15) is 5.28 Å². The predicted octanol–water partition coefficient (Wildman–Crippen LogP) is 3.97. The van der Waals surface area contributed by atoms with Gasteiger partial charge in [-0.3, -0.25) is 0 Å². The minimum absolute atomic E-state index is 0.244. The van der Waals surface area contributed by atoms with Crippen LogP contribution in [0.2, 0.25) is 0 Å². The van der Waals surface area contributed by atoms with Crippen LogP contribution in [0.25, 0.3) is 0 Å². The molecule has 5 rings (SSSR count). The van der Waals surface area contributed by atoms with Crippen LogP contribution in [-0.4, -0.2) is 23.6 Å². The van der Waals surface area contributed by atoms with Gasteiger partial charge in [-0.2, -0.15) is 0 Å². The van der Waals surface area contributed by atoms with Gasteiger partial charge in [0.05, 0.1) is 6.10 Å². The molecule has 1 spiro atoms. The van der Waals surface area contributed by atoms with Crippen LogP contribution in [0.5, 0.6) is 0 Å². The van der Waals surface area contributed by atoms with Gasteiger partial charge in [-0.15, -0.1) is 9.24 Å².